The van der Waals surface area contributed by atoms with Gasteiger partial charge in [0.15, 0.2) is 0 Å². The van der Waals surface area contributed by atoms with Crippen LogP contribution in [0.1, 0.15) is 28.3 Å². The van der Waals surface area contributed by atoms with Gasteiger partial charge in [0.25, 0.3) is 0 Å². The fraction of sp³-hybridized carbons (Fsp3) is 0.286. The van der Waals surface area contributed by atoms with Crippen LogP contribution >= 0.6 is 22.9 Å². The van der Waals surface area contributed by atoms with Crippen molar-refractivity contribution in [3.63, 3.8) is 0 Å². The van der Waals surface area contributed by atoms with Gasteiger partial charge in [0.05, 0.1) is 4.90 Å². The molecular weight excluding hydrogens is 328 g/mol. The molecule has 1 atom stereocenters. The molecule has 1 aromatic heterocycles. The summed E-state index contributed by atoms with van der Waals surface area (Å²) in [6.45, 7) is 3.92. The fourth-order valence-electron chi connectivity index (χ4n) is 2.01. The Morgan fingerprint density at radius 3 is 2.48 bits per heavy atom. The molecule has 0 bridgehead atoms. The molecule has 3 N–H and O–H groups in total. The van der Waals surface area contributed by atoms with E-state index in [4.69, 9.17) is 17.3 Å². The quantitative estimate of drug-likeness (QED) is 0.874. The van der Waals surface area contributed by atoms with Crippen molar-refractivity contribution >= 4 is 33.0 Å². The van der Waals surface area contributed by atoms with Crippen LogP contribution in [0, 0.1) is 6.92 Å². The lowest BCUT2D eigenvalue weighted by molar-refractivity contribution is 0.567. The van der Waals surface area contributed by atoms with Gasteiger partial charge < -0.3 is 5.73 Å². The zero-order valence-electron chi connectivity index (χ0n) is 11.8. The smallest absolute Gasteiger partial charge is 0.242 e. The Hall–Kier alpha value is -0.920. The van der Waals surface area contributed by atoms with E-state index in [1.807, 2.05) is 0 Å². The molecule has 7 heteroatoms. The molecule has 1 aromatic carbocycles. The lowest BCUT2D eigenvalue weighted by Crippen LogP contribution is -2.27. The maximum Gasteiger partial charge on any atom is 0.242 e. The SMILES string of the molecule is Cc1sc(CN)cc1S(=O)(=O)NC(C)c1ccc(Cl)cc1. The lowest BCUT2D eigenvalue weighted by Gasteiger charge is -2.14. The van der Waals surface area contributed by atoms with E-state index in [9.17, 15) is 8.42 Å². The molecule has 1 unspecified atom stereocenters. The number of hydrogen-bond donors (Lipinski definition) is 2. The van der Waals surface area contributed by atoms with Crippen LogP contribution in [0.25, 0.3) is 0 Å². The monoisotopic (exact) mass is 344 g/mol. The van der Waals surface area contributed by atoms with Crippen LogP contribution < -0.4 is 10.5 Å². The zero-order valence-corrected chi connectivity index (χ0v) is 14.1. The molecule has 0 fully saturated rings. The predicted molar refractivity (Wildman–Crippen MR) is 87.1 cm³/mol. The van der Waals surface area contributed by atoms with Crippen molar-refractivity contribution in [2.24, 2.45) is 5.73 Å². The van der Waals surface area contributed by atoms with Gasteiger partial charge in [-0.3, -0.25) is 0 Å². The van der Waals surface area contributed by atoms with E-state index in [-0.39, 0.29) is 6.04 Å². The van der Waals surface area contributed by atoms with Gasteiger partial charge in [-0.25, -0.2) is 13.1 Å². The summed E-state index contributed by atoms with van der Waals surface area (Å²) in [6.07, 6.45) is 0. The average Bonchev–Trinajstić information content (AvgIpc) is 2.81. The molecule has 0 amide bonds. The van der Waals surface area contributed by atoms with E-state index in [1.165, 1.54) is 11.3 Å². The van der Waals surface area contributed by atoms with Gasteiger partial charge in [-0.15, -0.1) is 11.3 Å². The summed E-state index contributed by atoms with van der Waals surface area (Å²) in [5.74, 6) is 0. The first-order valence-electron chi connectivity index (χ1n) is 6.40. The lowest BCUT2D eigenvalue weighted by atomic mass is 10.1. The summed E-state index contributed by atoms with van der Waals surface area (Å²) in [5.41, 5.74) is 6.42. The van der Waals surface area contributed by atoms with Crippen molar-refractivity contribution in [2.75, 3.05) is 0 Å². The highest BCUT2D eigenvalue weighted by Gasteiger charge is 2.22. The van der Waals surface area contributed by atoms with Crippen LogP contribution in [-0.4, -0.2) is 8.42 Å². The number of thiophene rings is 1. The van der Waals surface area contributed by atoms with Crippen LogP contribution in [0.5, 0.6) is 0 Å². The maximum absolute atomic E-state index is 12.5. The number of aryl methyl sites for hydroxylation is 1. The first-order valence-corrected chi connectivity index (χ1v) is 9.08. The Morgan fingerprint density at radius 1 is 1.33 bits per heavy atom. The molecule has 114 valence electrons. The van der Waals surface area contributed by atoms with Gasteiger partial charge >= 0.3 is 0 Å². The van der Waals surface area contributed by atoms with Gasteiger partial charge in [0.1, 0.15) is 0 Å². The molecule has 0 saturated carbocycles. The van der Waals surface area contributed by atoms with Gasteiger partial charge in [-0.05, 0) is 37.6 Å². The molecule has 0 radical (unpaired) electrons. The van der Waals surface area contributed by atoms with Crippen molar-refractivity contribution in [2.45, 2.75) is 31.3 Å². The number of rotatable bonds is 5. The highest BCUT2D eigenvalue weighted by Crippen LogP contribution is 2.27. The van der Waals surface area contributed by atoms with Crippen molar-refractivity contribution < 1.29 is 8.42 Å². The second-order valence-corrected chi connectivity index (χ2v) is 8.19. The van der Waals surface area contributed by atoms with E-state index >= 15 is 0 Å². The van der Waals surface area contributed by atoms with Crippen molar-refractivity contribution in [1.29, 1.82) is 0 Å². The third-order valence-corrected chi connectivity index (χ3v) is 6.24. The molecule has 4 nitrogen and oxygen atoms in total. The Kier molecular flexibility index (Phi) is 5.06. The molecule has 0 spiro atoms. The number of halogens is 1. The largest absolute Gasteiger partial charge is 0.326 e. The van der Waals surface area contributed by atoms with Crippen molar-refractivity contribution in [3.05, 3.63) is 50.7 Å². The van der Waals surface area contributed by atoms with Crippen LogP contribution in [-0.2, 0) is 16.6 Å². The molecular formula is C14H17ClN2O2S2. The average molecular weight is 345 g/mol. The predicted octanol–water partition coefficient (Wildman–Crippen LogP) is 3.21. The summed E-state index contributed by atoms with van der Waals surface area (Å²) >= 11 is 7.24. The molecule has 2 aromatic rings. The number of sulfonamides is 1. The van der Waals surface area contributed by atoms with Gasteiger partial charge in [0.2, 0.25) is 10.0 Å². The maximum atomic E-state index is 12.5. The molecule has 0 aliphatic heterocycles. The summed E-state index contributed by atoms with van der Waals surface area (Å²) in [6, 6.07) is 8.39. The summed E-state index contributed by atoms with van der Waals surface area (Å²) in [7, 11) is -3.57. The first-order chi connectivity index (χ1) is 9.83. The van der Waals surface area contributed by atoms with E-state index in [1.54, 1.807) is 44.2 Å². The van der Waals surface area contributed by atoms with E-state index in [0.29, 0.717) is 16.5 Å². The summed E-state index contributed by atoms with van der Waals surface area (Å²) < 4.78 is 27.6. The molecule has 2 rings (SSSR count). The Bertz CT molecular complexity index is 724. The van der Waals surface area contributed by atoms with Crippen molar-refractivity contribution in [1.82, 2.24) is 4.72 Å². The fourth-order valence-corrected chi connectivity index (χ4v) is 4.88. The number of nitrogens with two attached hydrogens (primary N) is 1. The summed E-state index contributed by atoms with van der Waals surface area (Å²) in [5, 5.41) is 0.620. The summed E-state index contributed by atoms with van der Waals surface area (Å²) in [4.78, 5) is 1.90. The van der Waals surface area contributed by atoms with E-state index < -0.39 is 10.0 Å². The second-order valence-electron chi connectivity index (χ2n) is 4.73. The Balaban J connectivity index is 2.24. The van der Waals surface area contributed by atoms with Gasteiger partial charge in [-0.2, -0.15) is 0 Å². The molecule has 0 aliphatic rings. The van der Waals surface area contributed by atoms with Crippen LogP contribution in [0.15, 0.2) is 35.2 Å². The van der Waals surface area contributed by atoms with E-state index in [0.717, 1.165) is 15.3 Å². The minimum atomic E-state index is -3.57. The van der Waals surface area contributed by atoms with Gasteiger partial charge in [-0.1, -0.05) is 23.7 Å². The topological polar surface area (TPSA) is 72.2 Å². The van der Waals surface area contributed by atoms with Crippen LogP contribution in [0.2, 0.25) is 5.02 Å². The highest BCUT2D eigenvalue weighted by atomic mass is 35.5. The minimum Gasteiger partial charge on any atom is -0.326 e. The van der Waals surface area contributed by atoms with E-state index in [2.05, 4.69) is 4.72 Å². The molecule has 0 aliphatic carbocycles. The first kappa shape index (κ1) is 16.5. The second kappa shape index (κ2) is 6.46. The zero-order chi connectivity index (χ0) is 15.6. The van der Waals surface area contributed by atoms with Crippen LogP contribution in [0.4, 0.5) is 0 Å². The normalized spacial score (nSPS) is 13.3. The third kappa shape index (κ3) is 3.84. The van der Waals surface area contributed by atoms with Crippen molar-refractivity contribution in [3.8, 4) is 0 Å². The molecule has 1 heterocycles. The Labute approximate surface area is 134 Å². The highest BCUT2D eigenvalue weighted by molar-refractivity contribution is 7.89. The number of benzene rings is 1. The number of nitrogens with one attached hydrogen (secondary N) is 1. The van der Waals surface area contributed by atoms with Crippen LogP contribution in [0.3, 0.4) is 0 Å². The Morgan fingerprint density at radius 2 is 1.95 bits per heavy atom. The third-order valence-electron chi connectivity index (χ3n) is 3.12. The molecule has 0 saturated heterocycles. The molecule has 21 heavy (non-hydrogen) atoms. The number of hydrogen-bond acceptors (Lipinski definition) is 4. The minimum absolute atomic E-state index is 0.300. The standard InChI is InChI=1S/C14H17ClN2O2S2/c1-9(11-3-5-12(15)6-4-11)17-21(18,19)14-7-13(8-16)20-10(14)2/h3-7,9,17H,8,16H2,1-2H3. The van der Waals surface area contributed by atoms with Gasteiger partial charge in [0, 0.05) is 27.4 Å².